The molecule has 1 N–H and O–H groups in total. The molecular formula is C2H7NaO4P. The van der Waals surface area contributed by atoms with Gasteiger partial charge < -0.3 is 4.89 Å². The number of hydrogen-bond acceptors (Lipinski definition) is 3. The first-order chi connectivity index (χ1) is 3.12. The number of phosphoric acid groups is 1. The van der Waals surface area contributed by atoms with Crippen molar-refractivity contribution >= 4 is 37.4 Å². The van der Waals surface area contributed by atoms with Gasteiger partial charge in [0, 0.05) is 43.8 Å². The molecule has 1 radical (unpaired) electrons. The Morgan fingerprint density at radius 3 is 1.62 bits per heavy atom. The predicted molar refractivity (Wildman–Crippen MR) is 29.6 cm³/mol. The predicted octanol–water partition coefficient (Wildman–Crippen LogP) is -0.00120. The van der Waals surface area contributed by atoms with Gasteiger partial charge in [-0.15, -0.1) is 0 Å². The quantitative estimate of drug-likeness (QED) is 0.443. The van der Waals surface area contributed by atoms with Gasteiger partial charge in [0.2, 0.25) is 0 Å². The summed E-state index contributed by atoms with van der Waals surface area (Å²) in [6.07, 6.45) is 0. The zero-order valence-corrected chi connectivity index (χ0v) is 8.01. The number of hydrogen-bond donors (Lipinski definition) is 1. The van der Waals surface area contributed by atoms with Crippen LogP contribution >= 0.6 is 7.82 Å². The van der Waals surface area contributed by atoms with Crippen molar-refractivity contribution in [1.29, 1.82) is 0 Å². The topological polar surface area (TPSA) is 55.8 Å². The fourth-order valence-electron chi connectivity index (χ4n) is 0.0745. The van der Waals surface area contributed by atoms with Gasteiger partial charge in [-0.05, 0) is 0 Å². The van der Waals surface area contributed by atoms with Gasteiger partial charge in [-0.1, -0.05) is 0 Å². The fraction of sp³-hybridized carbons (Fsp3) is 1.00. The molecule has 0 saturated carbocycles. The van der Waals surface area contributed by atoms with E-state index in [1.807, 2.05) is 0 Å². The van der Waals surface area contributed by atoms with E-state index in [1.165, 1.54) is 0 Å². The summed E-state index contributed by atoms with van der Waals surface area (Å²) in [6, 6.07) is 0. The minimum absolute atomic E-state index is 0. The third kappa shape index (κ3) is 5.25. The van der Waals surface area contributed by atoms with Crippen LogP contribution in [0.2, 0.25) is 0 Å². The Kier molecular flexibility index (Phi) is 7.32. The van der Waals surface area contributed by atoms with E-state index in [9.17, 15) is 4.57 Å². The summed E-state index contributed by atoms with van der Waals surface area (Å²) in [5.74, 6) is 0. The maximum absolute atomic E-state index is 10.1. The van der Waals surface area contributed by atoms with Crippen LogP contribution in [0.15, 0.2) is 0 Å². The van der Waals surface area contributed by atoms with Crippen molar-refractivity contribution in [3.8, 4) is 0 Å². The van der Waals surface area contributed by atoms with Crippen molar-refractivity contribution in [3.63, 3.8) is 0 Å². The SMILES string of the molecule is COP(=O)(O)OC.[Na]. The van der Waals surface area contributed by atoms with E-state index in [1.54, 1.807) is 0 Å². The maximum Gasteiger partial charge on any atom is 0.471 e. The molecule has 0 aromatic rings. The van der Waals surface area contributed by atoms with Crippen LogP contribution in [-0.2, 0) is 13.6 Å². The van der Waals surface area contributed by atoms with Gasteiger partial charge in [-0.25, -0.2) is 4.57 Å². The molecular weight excluding hydrogens is 142 g/mol. The molecule has 45 valence electrons. The number of rotatable bonds is 2. The third-order valence-corrected chi connectivity index (χ3v) is 1.38. The average molecular weight is 149 g/mol. The molecule has 0 aromatic carbocycles. The molecule has 6 heteroatoms. The summed E-state index contributed by atoms with van der Waals surface area (Å²) in [5, 5.41) is 0. The van der Waals surface area contributed by atoms with Crippen molar-refractivity contribution < 1.29 is 18.5 Å². The zero-order chi connectivity index (χ0) is 5.91. The Balaban J connectivity index is 0. The Hall–Kier alpha value is 1.11. The molecule has 0 amide bonds. The molecule has 0 spiro atoms. The Morgan fingerprint density at radius 1 is 1.38 bits per heavy atom. The second-order valence-electron chi connectivity index (χ2n) is 0.834. The molecule has 4 nitrogen and oxygen atoms in total. The van der Waals surface area contributed by atoms with E-state index in [0.29, 0.717) is 0 Å². The average Bonchev–Trinajstić information content (AvgIpc) is 1.68. The van der Waals surface area contributed by atoms with Gasteiger partial charge in [0.25, 0.3) is 0 Å². The largest absolute Gasteiger partial charge is 0.471 e. The minimum atomic E-state index is -3.65. The Morgan fingerprint density at radius 2 is 1.62 bits per heavy atom. The van der Waals surface area contributed by atoms with E-state index in [-0.39, 0.29) is 29.6 Å². The first-order valence-corrected chi connectivity index (χ1v) is 3.06. The van der Waals surface area contributed by atoms with Crippen molar-refractivity contribution in [2.24, 2.45) is 0 Å². The van der Waals surface area contributed by atoms with Crippen LogP contribution in [0.3, 0.4) is 0 Å². The van der Waals surface area contributed by atoms with Crippen LogP contribution in [0.4, 0.5) is 0 Å². The van der Waals surface area contributed by atoms with Crippen LogP contribution in [0.5, 0.6) is 0 Å². The maximum atomic E-state index is 10.1. The summed E-state index contributed by atoms with van der Waals surface area (Å²) < 4.78 is 18.0. The van der Waals surface area contributed by atoms with Gasteiger partial charge in [-0.3, -0.25) is 9.05 Å². The Bertz CT molecular complexity index is 86.0. The van der Waals surface area contributed by atoms with Crippen LogP contribution in [0, 0.1) is 0 Å². The first-order valence-electron chi connectivity index (χ1n) is 1.56. The van der Waals surface area contributed by atoms with Gasteiger partial charge in [0.1, 0.15) is 0 Å². The van der Waals surface area contributed by atoms with E-state index in [4.69, 9.17) is 4.89 Å². The summed E-state index contributed by atoms with van der Waals surface area (Å²) in [7, 11) is -1.45. The molecule has 0 atom stereocenters. The summed E-state index contributed by atoms with van der Waals surface area (Å²) in [5.41, 5.74) is 0. The van der Waals surface area contributed by atoms with E-state index in [0.717, 1.165) is 14.2 Å². The fourth-order valence-corrected chi connectivity index (χ4v) is 0.224. The van der Waals surface area contributed by atoms with Crippen molar-refractivity contribution in [2.75, 3.05) is 14.2 Å². The zero-order valence-electron chi connectivity index (χ0n) is 5.12. The molecule has 0 heterocycles. The van der Waals surface area contributed by atoms with Crippen molar-refractivity contribution in [2.45, 2.75) is 0 Å². The molecule has 0 aliphatic rings. The van der Waals surface area contributed by atoms with Gasteiger partial charge in [0.05, 0.1) is 0 Å². The van der Waals surface area contributed by atoms with Crippen molar-refractivity contribution in [1.82, 2.24) is 0 Å². The number of phosphoric ester groups is 1. The van der Waals surface area contributed by atoms with Gasteiger partial charge >= 0.3 is 7.82 Å². The molecule has 0 bridgehead atoms. The van der Waals surface area contributed by atoms with Crippen molar-refractivity contribution in [3.05, 3.63) is 0 Å². The molecule has 0 saturated heterocycles. The molecule has 0 aromatic heterocycles. The second-order valence-corrected chi connectivity index (χ2v) is 2.50. The van der Waals surface area contributed by atoms with E-state index in [2.05, 4.69) is 9.05 Å². The molecule has 0 aliphatic carbocycles. The Labute approximate surface area is 70.1 Å². The van der Waals surface area contributed by atoms with Gasteiger partial charge in [-0.2, -0.15) is 0 Å². The van der Waals surface area contributed by atoms with E-state index >= 15 is 0 Å². The third-order valence-electron chi connectivity index (χ3n) is 0.461. The summed E-state index contributed by atoms with van der Waals surface area (Å²) in [4.78, 5) is 8.24. The molecule has 0 aliphatic heterocycles. The molecule has 8 heavy (non-hydrogen) atoms. The van der Waals surface area contributed by atoms with E-state index < -0.39 is 7.82 Å². The van der Waals surface area contributed by atoms with Crippen LogP contribution in [0.1, 0.15) is 0 Å². The minimum Gasteiger partial charge on any atom is -0.303 e. The second kappa shape index (κ2) is 4.94. The standard InChI is InChI=1S/C2H7O4P.Na/c1-5-7(3,4)6-2;/h1-2H3,(H,3,4);. The normalized spacial score (nSPS) is 10.4. The first kappa shape index (κ1) is 11.9. The molecule has 0 unspecified atom stereocenters. The van der Waals surface area contributed by atoms with Crippen LogP contribution in [0.25, 0.3) is 0 Å². The summed E-state index contributed by atoms with van der Waals surface area (Å²) >= 11 is 0. The summed E-state index contributed by atoms with van der Waals surface area (Å²) in [6.45, 7) is 0. The van der Waals surface area contributed by atoms with Crippen LogP contribution < -0.4 is 0 Å². The van der Waals surface area contributed by atoms with Crippen LogP contribution in [-0.4, -0.2) is 48.7 Å². The molecule has 0 rings (SSSR count). The molecule has 0 fully saturated rings. The monoisotopic (exact) mass is 149 g/mol. The van der Waals surface area contributed by atoms with Gasteiger partial charge in [0.15, 0.2) is 0 Å². The smallest absolute Gasteiger partial charge is 0.303 e.